The van der Waals surface area contributed by atoms with Crippen molar-refractivity contribution in [3.63, 3.8) is 0 Å². The Kier molecular flexibility index (Phi) is 4.37. The van der Waals surface area contributed by atoms with Gasteiger partial charge in [0.15, 0.2) is 0 Å². The summed E-state index contributed by atoms with van der Waals surface area (Å²) in [6, 6.07) is 0. The van der Waals surface area contributed by atoms with E-state index in [-0.39, 0.29) is 0 Å². The molecule has 0 spiro atoms. The summed E-state index contributed by atoms with van der Waals surface area (Å²) in [7, 11) is -8.07. The van der Waals surface area contributed by atoms with Crippen molar-refractivity contribution < 1.29 is 36.9 Å². The van der Waals surface area contributed by atoms with Gasteiger partial charge in [-0.15, -0.1) is 4.52 Å². The molecule has 0 heterocycles. The normalized spacial score (nSPS) is 15.1. The predicted molar refractivity (Wildman–Crippen MR) is 36.5 cm³/mol. The van der Waals surface area contributed by atoms with E-state index in [9.17, 15) is 22.7 Å². The van der Waals surface area contributed by atoms with Gasteiger partial charge in [0.25, 0.3) is 10.1 Å². The van der Waals surface area contributed by atoms with E-state index in [1.54, 1.807) is 0 Å². The minimum absolute atomic E-state index is 1.31. The average Bonchev–Trinajstić information content (AvgIpc) is 1.81. The molecule has 2 atom stereocenters. The lowest BCUT2D eigenvalue weighted by Crippen LogP contribution is -2.30. The summed E-state index contributed by atoms with van der Waals surface area (Å²) in [6.45, 7) is 0. The van der Waals surface area contributed by atoms with Crippen LogP contribution in [0.4, 0.5) is 0 Å². The van der Waals surface area contributed by atoms with Crippen LogP contribution >= 0.6 is 8.25 Å². The van der Waals surface area contributed by atoms with Crippen molar-refractivity contribution in [1.29, 1.82) is 0 Å². The maximum atomic E-state index is 10.1. The Balaban J connectivity index is 4.45. The fraction of sp³-hybridized carbons (Fsp3) is 0.667. The second-order valence-electron chi connectivity index (χ2n) is 1.90. The largest absolute Gasteiger partial charge is 0.566 e. The van der Waals surface area contributed by atoms with Crippen molar-refractivity contribution in [1.82, 2.24) is 0 Å². The molecule has 0 aliphatic carbocycles. The third-order valence-corrected chi connectivity index (χ3v) is 2.00. The van der Waals surface area contributed by atoms with E-state index < -0.39 is 36.2 Å². The summed E-state index contributed by atoms with van der Waals surface area (Å²) in [5.74, 6) is -3.11. The Morgan fingerprint density at radius 3 is 2.31 bits per heavy atom. The molecular weight excluding hydrogens is 227 g/mol. The van der Waals surface area contributed by atoms with Gasteiger partial charge in [-0.25, -0.2) is 4.79 Å². The molecule has 0 fully saturated rings. The maximum Gasteiger partial charge on any atom is 0.489 e. The van der Waals surface area contributed by atoms with Gasteiger partial charge in [0.2, 0.25) is 6.10 Å². The first kappa shape index (κ1) is 12.4. The third kappa shape index (κ3) is 6.55. The van der Waals surface area contributed by atoms with Crippen molar-refractivity contribution in [2.75, 3.05) is 5.75 Å². The molecule has 0 rings (SSSR count). The van der Waals surface area contributed by atoms with Crippen LogP contribution in [0.25, 0.3) is 0 Å². The fourth-order valence-electron chi connectivity index (χ4n) is 0.442. The highest BCUT2D eigenvalue weighted by Crippen LogP contribution is 2.14. The Morgan fingerprint density at radius 2 is 2.08 bits per heavy atom. The zero-order valence-electron chi connectivity index (χ0n) is 5.98. The summed E-state index contributed by atoms with van der Waals surface area (Å²) in [5.41, 5.74) is 0. The molecule has 0 aromatic rings. The molecule has 0 amide bonds. The van der Waals surface area contributed by atoms with Crippen LogP contribution in [-0.4, -0.2) is 35.9 Å². The Morgan fingerprint density at radius 1 is 1.62 bits per heavy atom. The minimum Gasteiger partial charge on any atom is -0.566 e. The standard InChI is InChI=1S/C3H5O8PS/c4-3(5)2(11-12(6)7)1-13(8,9)10/h2H,1H2,(H,4,5)(H,8,9,10)/t2-/m0/s1. The Hall–Kier alpha value is -0.600. The molecule has 0 aromatic heterocycles. The van der Waals surface area contributed by atoms with Gasteiger partial charge in [0.1, 0.15) is 5.75 Å². The zero-order valence-corrected chi connectivity index (χ0v) is 7.69. The van der Waals surface area contributed by atoms with Crippen molar-refractivity contribution in [2.24, 2.45) is 0 Å². The lowest BCUT2D eigenvalue weighted by atomic mass is 10.4. The van der Waals surface area contributed by atoms with E-state index in [2.05, 4.69) is 4.52 Å². The Bertz CT molecular complexity index is 305. The lowest BCUT2D eigenvalue weighted by Gasteiger charge is -2.03. The van der Waals surface area contributed by atoms with Crippen LogP contribution in [0.15, 0.2) is 0 Å². The molecule has 76 valence electrons. The van der Waals surface area contributed by atoms with Gasteiger partial charge < -0.3 is 10.00 Å². The number of hydrogen-bond donors (Lipinski definition) is 2. The summed E-state index contributed by atoms with van der Waals surface area (Å²) in [4.78, 5) is 20.0. The number of carboxylic acid groups (broad SMARTS) is 1. The molecular formula is C3H5O8PS. The third-order valence-electron chi connectivity index (χ3n) is 0.851. The molecule has 0 bridgehead atoms. The van der Waals surface area contributed by atoms with Gasteiger partial charge in [0, 0.05) is 0 Å². The SMILES string of the molecule is O=C(O)[C@H](CS(=O)(=O)O)O[P+](=O)[O-]. The van der Waals surface area contributed by atoms with Crippen LogP contribution in [0.3, 0.4) is 0 Å². The molecule has 0 saturated heterocycles. The highest BCUT2D eigenvalue weighted by Gasteiger charge is 2.30. The number of rotatable bonds is 5. The van der Waals surface area contributed by atoms with E-state index in [1.165, 1.54) is 0 Å². The van der Waals surface area contributed by atoms with Crippen LogP contribution in [-0.2, 0) is 24.0 Å². The van der Waals surface area contributed by atoms with Gasteiger partial charge in [0.05, 0.1) is 0 Å². The van der Waals surface area contributed by atoms with Crippen molar-refractivity contribution >= 4 is 24.3 Å². The molecule has 0 aliphatic heterocycles. The van der Waals surface area contributed by atoms with Gasteiger partial charge in [-0.2, -0.15) is 8.42 Å². The fourth-order valence-corrected chi connectivity index (χ4v) is 1.51. The molecule has 1 unspecified atom stereocenters. The molecule has 0 aliphatic rings. The van der Waals surface area contributed by atoms with Crippen LogP contribution < -0.4 is 4.89 Å². The Labute approximate surface area is 73.8 Å². The molecule has 13 heavy (non-hydrogen) atoms. The second-order valence-corrected chi connectivity index (χ2v) is 4.06. The predicted octanol–water partition coefficient (Wildman–Crippen LogP) is -1.64. The smallest absolute Gasteiger partial charge is 0.489 e. The van der Waals surface area contributed by atoms with Crippen molar-refractivity contribution in [3.8, 4) is 0 Å². The topological polar surface area (TPSA) is 141 Å². The highest BCUT2D eigenvalue weighted by molar-refractivity contribution is 7.85. The lowest BCUT2D eigenvalue weighted by molar-refractivity contribution is -0.191. The molecule has 8 nitrogen and oxygen atoms in total. The average molecular weight is 232 g/mol. The van der Waals surface area contributed by atoms with E-state index in [0.717, 1.165) is 0 Å². The summed E-state index contributed by atoms with van der Waals surface area (Å²) >= 11 is 0. The quantitative estimate of drug-likeness (QED) is 0.424. The van der Waals surface area contributed by atoms with Gasteiger partial charge in [-0.1, -0.05) is 0 Å². The number of aliphatic carboxylic acids is 1. The number of carboxylic acids is 1. The van der Waals surface area contributed by atoms with Crippen molar-refractivity contribution in [2.45, 2.75) is 6.10 Å². The minimum atomic E-state index is -4.59. The zero-order chi connectivity index (χ0) is 10.6. The van der Waals surface area contributed by atoms with E-state index >= 15 is 0 Å². The molecule has 0 saturated carbocycles. The molecule has 2 N–H and O–H groups in total. The first-order chi connectivity index (χ1) is 5.72. The van der Waals surface area contributed by atoms with Gasteiger partial charge >= 0.3 is 14.2 Å². The monoisotopic (exact) mass is 232 g/mol. The van der Waals surface area contributed by atoms with Crippen LogP contribution in [0, 0.1) is 0 Å². The van der Waals surface area contributed by atoms with E-state index in [1.807, 2.05) is 0 Å². The molecule has 10 heteroatoms. The summed E-state index contributed by atoms with van der Waals surface area (Å²) < 4.78 is 42.0. The van der Waals surface area contributed by atoms with Crippen LogP contribution in [0.1, 0.15) is 0 Å². The summed E-state index contributed by atoms with van der Waals surface area (Å²) in [5, 5.41) is 8.22. The van der Waals surface area contributed by atoms with Gasteiger partial charge in [-0.3, -0.25) is 4.55 Å². The van der Waals surface area contributed by atoms with Crippen LogP contribution in [0.5, 0.6) is 0 Å². The first-order valence-electron chi connectivity index (χ1n) is 2.71. The van der Waals surface area contributed by atoms with Crippen LogP contribution in [0.2, 0.25) is 0 Å². The number of hydrogen-bond acceptors (Lipinski definition) is 6. The van der Waals surface area contributed by atoms with Gasteiger partial charge in [-0.05, 0) is 4.57 Å². The molecule has 0 radical (unpaired) electrons. The van der Waals surface area contributed by atoms with E-state index in [0.29, 0.717) is 0 Å². The van der Waals surface area contributed by atoms with Crippen molar-refractivity contribution in [3.05, 3.63) is 0 Å². The second kappa shape index (κ2) is 4.58. The maximum absolute atomic E-state index is 10.1. The van der Waals surface area contributed by atoms with E-state index in [4.69, 9.17) is 9.66 Å². The highest BCUT2D eigenvalue weighted by atomic mass is 32.2. The first-order valence-corrected chi connectivity index (χ1v) is 5.42. The summed E-state index contributed by atoms with van der Waals surface area (Å²) in [6.07, 6.45) is -2.11. The number of carbonyl (C=O) groups is 1. The molecule has 0 aromatic carbocycles.